The van der Waals surface area contributed by atoms with Gasteiger partial charge in [-0.1, -0.05) is 0 Å². The SMILES string of the molecule is NC(N)=NCCC[C@H](C=O)NNC[C@@H]1O[C@H](O[C@H]2C(NN[C@@H](C=O)CCCN=C(N)N)C[C@@H](NN[C@@H](C=O)CCCN=C(N)N)C(OC3O[C@H](CO)C(O)C(NC(=O)[C@@H](N)CCCN=C(N)N)C3O)[C@H]2O)C(O)[C@H](O)C1O. The molecular formula is C42H84N20O15. The molecule has 0 spiro atoms. The monoisotopic (exact) mass is 1110 g/mol. The normalized spacial score (nSPS) is 30.8. The average molecular weight is 1110 g/mol. The number of nitrogens with two attached hydrogens (primary N) is 9. The molecule has 1 saturated carbocycles. The van der Waals surface area contributed by atoms with E-state index in [2.05, 4.69) is 57.8 Å². The van der Waals surface area contributed by atoms with Crippen molar-refractivity contribution in [2.75, 3.05) is 39.3 Å². The van der Waals surface area contributed by atoms with Crippen LogP contribution in [0.15, 0.2) is 20.0 Å². The van der Waals surface area contributed by atoms with Gasteiger partial charge >= 0.3 is 0 Å². The van der Waals surface area contributed by atoms with E-state index in [1.165, 1.54) is 0 Å². The second-order valence-corrected chi connectivity index (χ2v) is 18.6. The predicted molar refractivity (Wildman–Crippen MR) is 275 cm³/mol. The van der Waals surface area contributed by atoms with Crippen LogP contribution in [0.1, 0.15) is 57.8 Å². The summed E-state index contributed by atoms with van der Waals surface area (Å²) in [5.41, 5.74) is 66.7. The molecule has 0 radical (unpaired) electrons. The molecule has 77 heavy (non-hydrogen) atoms. The third-order valence-electron chi connectivity index (χ3n) is 12.6. The Morgan fingerprint density at radius 3 is 1.40 bits per heavy atom. The number of guanidine groups is 4. The standard InChI is InChI=1S/C42H84N20O15/c43-22(8-4-12-55-42(50)51)36(73)57-27-28(67)26(18-66)75-37(30(27)69)76-34-23(61-59-20(16-64)6-2-10-53-40(46)47)13-24(62-60-21(17-65)7-3-11-54-41(48)49)35(33(34)72)77-38-32(71)31(70)29(68)25(74-38)14-56-58-19(15-63)5-1-9-52-39(44)45/h15-17,19-35,37-38,56,58-62,66-72H,1-14,18,43H2,(H,57,73)(H4,44,45,52)(H4,46,47,53)(H4,48,49,54)(H4,50,51,55)/t19-,20-,21-,22+,23-,24?,25+,26-,27?,28?,29?,30?,31-,32?,33-,34?,35+,37?,38-/m1/s1. The van der Waals surface area contributed by atoms with E-state index in [-0.39, 0.29) is 95.1 Å². The van der Waals surface area contributed by atoms with Gasteiger partial charge in [0.25, 0.3) is 0 Å². The summed E-state index contributed by atoms with van der Waals surface area (Å²) in [5, 5.41) is 81.8. The number of aliphatic hydroxyl groups excluding tert-OH is 7. The fraction of sp³-hybridized carbons (Fsp3) is 0.810. The largest absolute Gasteiger partial charge is 0.394 e. The Hall–Kier alpha value is -5.16. The number of ether oxygens (including phenoxy) is 4. The van der Waals surface area contributed by atoms with Gasteiger partial charge in [0.05, 0.1) is 48.9 Å². The minimum Gasteiger partial charge on any atom is -0.394 e. The molecule has 3 fully saturated rings. The molecule has 0 aromatic rings. The maximum Gasteiger partial charge on any atom is 0.237 e. The fourth-order valence-electron chi connectivity index (χ4n) is 8.44. The minimum atomic E-state index is -1.98. The molecule has 1 aliphatic carbocycles. The number of nitrogens with one attached hydrogen (secondary N) is 7. The molecule has 0 aromatic carbocycles. The Morgan fingerprint density at radius 2 is 0.974 bits per heavy atom. The van der Waals surface area contributed by atoms with Gasteiger partial charge in [-0.25, -0.2) is 16.3 Å². The number of amides is 1. The summed E-state index contributed by atoms with van der Waals surface area (Å²) in [4.78, 5) is 65.4. The molecule has 35 heteroatoms. The van der Waals surface area contributed by atoms with E-state index in [0.29, 0.717) is 38.1 Å². The highest BCUT2D eigenvalue weighted by molar-refractivity contribution is 5.82. The highest BCUT2D eigenvalue weighted by Gasteiger charge is 2.54. The van der Waals surface area contributed by atoms with Gasteiger partial charge in [0.15, 0.2) is 36.4 Å². The Balaban J connectivity index is 2.03. The third-order valence-corrected chi connectivity index (χ3v) is 12.6. The van der Waals surface area contributed by atoms with Crippen molar-refractivity contribution in [1.29, 1.82) is 0 Å². The van der Waals surface area contributed by atoms with Crippen molar-refractivity contribution in [3.05, 3.63) is 0 Å². The third kappa shape index (κ3) is 22.2. The first kappa shape index (κ1) is 66.1. The number of carbonyl (C=O) groups is 4. The Kier molecular flexibility index (Phi) is 29.8. The van der Waals surface area contributed by atoms with Gasteiger partial charge in [-0.2, -0.15) is 0 Å². The van der Waals surface area contributed by atoms with Crippen LogP contribution in [0.5, 0.6) is 0 Å². The quantitative estimate of drug-likeness (QED) is 0.00911. The van der Waals surface area contributed by atoms with Crippen molar-refractivity contribution in [2.45, 2.75) is 174 Å². The smallest absolute Gasteiger partial charge is 0.237 e. The summed E-state index contributed by atoms with van der Waals surface area (Å²) < 4.78 is 24.5. The summed E-state index contributed by atoms with van der Waals surface area (Å²) in [6, 6.07) is -7.65. The second-order valence-electron chi connectivity index (χ2n) is 18.6. The van der Waals surface area contributed by atoms with Crippen LogP contribution in [0.3, 0.4) is 0 Å². The van der Waals surface area contributed by atoms with E-state index in [9.17, 15) is 54.9 Å². The second kappa shape index (κ2) is 34.7. The molecule has 3 aliphatic rings. The molecule has 32 N–H and O–H groups in total. The Labute approximate surface area is 444 Å². The van der Waals surface area contributed by atoms with Crippen molar-refractivity contribution in [2.24, 2.45) is 71.6 Å². The Morgan fingerprint density at radius 1 is 0.558 bits per heavy atom. The van der Waals surface area contributed by atoms with Gasteiger partial charge < -0.3 is 126 Å². The lowest BCUT2D eigenvalue weighted by molar-refractivity contribution is -0.335. The Bertz CT molecular complexity index is 1890. The number of aldehydes is 3. The summed E-state index contributed by atoms with van der Waals surface area (Å²) in [6.45, 7) is -0.401. The van der Waals surface area contributed by atoms with Crippen LogP contribution in [0.2, 0.25) is 0 Å². The molecule has 19 atom stereocenters. The summed E-state index contributed by atoms with van der Waals surface area (Å²) >= 11 is 0. The van der Waals surface area contributed by atoms with Gasteiger partial charge in [0.2, 0.25) is 5.91 Å². The molecule has 3 rings (SSSR count). The molecule has 0 bridgehead atoms. The highest BCUT2D eigenvalue weighted by Crippen LogP contribution is 2.33. The first-order chi connectivity index (χ1) is 36.6. The van der Waals surface area contributed by atoms with E-state index >= 15 is 0 Å². The number of hydrogen-bond donors (Lipinski definition) is 23. The lowest BCUT2D eigenvalue weighted by Gasteiger charge is -2.50. The number of rotatable bonds is 36. The van der Waals surface area contributed by atoms with Crippen LogP contribution in [0.4, 0.5) is 0 Å². The number of aliphatic imine (C=N–C) groups is 4. The van der Waals surface area contributed by atoms with Crippen molar-refractivity contribution in [3.8, 4) is 0 Å². The van der Waals surface area contributed by atoms with E-state index in [4.69, 9.17) is 70.6 Å². The molecule has 35 nitrogen and oxygen atoms in total. The molecule has 0 aromatic heterocycles. The molecule has 8 unspecified atom stereocenters. The van der Waals surface area contributed by atoms with Crippen LogP contribution >= 0.6 is 0 Å². The maximum atomic E-state index is 13.3. The van der Waals surface area contributed by atoms with Crippen LogP contribution in [0, 0.1) is 0 Å². The highest BCUT2D eigenvalue weighted by atomic mass is 16.7. The first-order valence-electron chi connectivity index (χ1n) is 25.1. The predicted octanol–water partition coefficient (Wildman–Crippen LogP) is -12.5. The van der Waals surface area contributed by atoms with Crippen LogP contribution in [0.25, 0.3) is 0 Å². The van der Waals surface area contributed by atoms with E-state index in [1.54, 1.807) is 0 Å². The topological polar surface area (TPSA) is 615 Å². The average Bonchev–Trinajstić information content (AvgIpc) is 3.39. The van der Waals surface area contributed by atoms with E-state index in [0.717, 1.165) is 0 Å². The van der Waals surface area contributed by atoms with Gasteiger partial charge in [-0.15, -0.1) is 0 Å². The maximum absolute atomic E-state index is 13.3. The molecular weight excluding hydrogens is 1020 g/mol. The number of hydrogen-bond acceptors (Lipinski definition) is 26. The summed E-state index contributed by atoms with van der Waals surface area (Å²) in [6.07, 6.45) is -17.3. The summed E-state index contributed by atoms with van der Waals surface area (Å²) in [7, 11) is 0. The number of hydrazine groups is 3. The zero-order chi connectivity index (χ0) is 57.2. The van der Waals surface area contributed by atoms with Crippen LogP contribution in [-0.2, 0) is 38.1 Å². The van der Waals surface area contributed by atoms with Gasteiger partial charge in [-0.05, 0) is 57.8 Å². The molecule has 2 heterocycles. The van der Waals surface area contributed by atoms with Crippen molar-refractivity contribution < 1.29 is 73.9 Å². The lowest BCUT2D eigenvalue weighted by Crippen LogP contribution is -2.72. The van der Waals surface area contributed by atoms with Crippen molar-refractivity contribution in [1.82, 2.24) is 37.9 Å². The molecule has 2 aliphatic heterocycles. The minimum absolute atomic E-state index is 0.0794. The fourth-order valence-corrected chi connectivity index (χ4v) is 8.44. The van der Waals surface area contributed by atoms with Gasteiger partial charge in [0.1, 0.15) is 79.9 Å². The van der Waals surface area contributed by atoms with E-state index < -0.39 is 128 Å². The first-order valence-corrected chi connectivity index (χ1v) is 25.1. The van der Waals surface area contributed by atoms with Crippen LogP contribution < -0.4 is 89.5 Å². The zero-order valence-corrected chi connectivity index (χ0v) is 42.7. The number of carbonyl (C=O) groups excluding carboxylic acids is 4. The van der Waals surface area contributed by atoms with Crippen LogP contribution in [-0.4, -0.2) is 240 Å². The molecule has 2 saturated heterocycles. The van der Waals surface area contributed by atoms with Crippen molar-refractivity contribution in [3.63, 3.8) is 0 Å². The number of aliphatic hydroxyl groups is 7. The van der Waals surface area contributed by atoms with Gasteiger partial charge in [-0.3, -0.25) is 41.0 Å². The molecule has 442 valence electrons. The van der Waals surface area contributed by atoms with Gasteiger partial charge in [0, 0.05) is 32.7 Å². The number of nitrogens with zero attached hydrogens (tertiary/aromatic N) is 4. The zero-order valence-electron chi connectivity index (χ0n) is 42.7. The summed E-state index contributed by atoms with van der Waals surface area (Å²) in [5.74, 6) is -1.42. The van der Waals surface area contributed by atoms with Crippen molar-refractivity contribution >= 4 is 48.6 Å². The van der Waals surface area contributed by atoms with E-state index in [1.807, 2.05) is 0 Å². The molecule has 1 amide bonds. The lowest BCUT2D eigenvalue weighted by atomic mass is 9.83.